The van der Waals surface area contributed by atoms with Crippen LogP contribution in [-0.2, 0) is 0 Å². The number of hydrogen-bond acceptors (Lipinski definition) is 0. The Morgan fingerprint density at radius 2 is 1.53 bits per heavy atom. The highest BCUT2D eigenvalue weighted by molar-refractivity contribution is 6.01. The summed E-state index contributed by atoms with van der Waals surface area (Å²) in [5, 5.41) is 2.65. The first-order valence-electron chi connectivity index (χ1n) is 5.15. The van der Waals surface area contributed by atoms with Crippen LogP contribution in [0.2, 0.25) is 0 Å². The van der Waals surface area contributed by atoms with E-state index in [1.807, 2.05) is 0 Å². The zero-order chi connectivity index (χ0) is 9.83. The molecule has 0 bridgehead atoms. The lowest BCUT2D eigenvalue weighted by Crippen LogP contribution is -1.83. The maximum Gasteiger partial charge on any atom is 0.0540 e. The van der Waals surface area contributed by atoms with Crippen molar-refractivity contribution in [2.75, 3.05) is 0 Å². The Hall–Kier alpha value is -2.02. The van der Waals surface area contributed by atoms with Gasteiger partial charge >= 0.3 is 0 Å². The smallest absolute Gasteiger partial charge is 0.0540 e. The lowest BCUT2D eigenvalue weighted by atomic mass is 10.1. The summed E-state index contributed by atoms with van der Waals surface area (Å²) in [5.41, 5.74) is 3.87. The van der Waals surface area contributed by atoms with Gasteiger partial charge in [-0.1, -0.05) is 24.3 Å². The van der Waals surface area contributed by atoms with E-state index in [4.69, 9.17) is 0 Å². The summed E-state index contributed by atoms with van der Waals surface area (Å²) in [4.78, 5) is 0. The van der Waals surface area contributed by atoms with E-state index in [1.165, 1.54) is 27.3 Å². The number of nitrogens with zero attached hydrogens (tertiary/aromatic N) is 1. The Bertz CT molecular complexity index is 764. The fraction of sp³-hybridized carbons (Fsp3) is 0. The van der Waals surface area contributed by atoms with Crippen LogP contribution in [-0.4, -0.2) is 4.40 Å². The van der Waals surface area contributed by atoms with Crippen molar-refractivity contribution in [3.05, 3.63) is 54.6 Å². The summed E-state index contributed by atoms with van der Waals surface area (Å²) in [6.45, 7) is 0. The van der Waals surface area contributed by atoms with Crippen LogP contribution in [0.1, 0.15) is 0 Å². The largest absolute Gasteiger partial charge is 0.310 e. The molecule has 0 aliphatic rings. The van der Waals surface area contributed by atoms with Gasteiger partial charge in [-0.3, -0.25) is 0 Å². The molecule has 0 atom stereocenters. The molecule has 70 valence electrons. The van der Waals surface area contributed by atoms with Crippen molar-refractivity contribution in [2.45, 2.75) is 0 Å². The van der Waals surface area contributed by atoms with Crippen molar-refractivity contribution >= 4 is 27.3 Å². The lowest BCUT2D eigenvalue weighted by Gasteiger charge is -2.02. The second-order valence-electron chi connectivity index (χ2n) is 3.97. The minimum absolute atomic E-state index is 1.28. The first-order chi connectivity index (χ1) is 7.43. The average Bonchev–Trinajstić information content (AvgIpc) is 2.86. The van der Waals surface area contributed by atoms with E-state index in [9.17, 15) is 0 Å². The van der Waals surface area contributed by atoms with E-state index in [0.29, 0.717) is 0 Å². The van der Waals surface area contributed by atoms with Crippen LogP contribution >= 0.6 is 0 Å². The summed E-state index contributed by atoms with van der Waals surface area (Å²) >= 11 is 0. The maximum atomic E-state index is 2.31. The molecule has 1 nitrogen and oxygen atoms in total. The molecule has 3 aromatic heterocycles. The van der Waals surface area contributed by atoms with Crippen LogP contribution in [0, 0.1) is 0 Å². The number of aromatic nitrogens is 1. The van der Waals surface area contributed by atoms with Gasteiger partial charge in [0.15, 0.2) is 0 Å². The van der Waals surface area contributed by atoms with Crippen LogP contribution < -0.4 is 0 Å². The quantitative estimate of drug-likeness (QED) is 0.399. The van der Waals surface area contributed by atoms with Gasteiger partial charge in [0.2, 0.25) is 0 Å². The van der Waals surface area contributed by atoms with E-state index in [-0.39, 0.29) is 0 Å². The highest BCUT2D eigenvalue weighted by Crippen LogP contribution is 2.27. The van der Waals surface area contributed by atoms with E-state index >= 15 is 0 Å². The predicted octanol–water partition coefficient (Wildman–Crippen LogP) is 3.68. The summed E-state index contributed by atoms with van der Waals surface area (Å²) in [5.74, 6) is 0. The number of rotatable bonds is 0. The van der Waals surface area contributed by atoms with Crippen molar-refractivity contribution in [1.82, 2.24) is 4.40 Å². The molecule has 0 fully saturated rings. The third-order valence-corrected chi connectivity index (χ3v) is 3.13. The maximum absolute atomic E-state index is 2.31. The molecular weight excluding hydrogens is 182 g/mol. The zero-order valence-electron chi connectivity index (χ0n) is 8.14. The van der Waals surface area contributed by atoms with Gasteiger partial charge in [0.1, 0.15) is 0 Å². The molecule has 4 rings (SSSR count). The van der Waals surface area contributed by atoms with Gasteiger partial charge in [0.05, 0.1) is 5.52 Å². The van der Waals surface area contributed by atoms with Crippen molar-refractivity contribution in [2.24, 2.45) is 0 Å². The zero-order valence-corrected chi connectivity index (χ0v) is 8.14. The fourth-order valence-electron chi connectivity index (χ4n) is 2.45. The number of benzene rings is 1. The van der Waals surface area contributed by atoms with Crippen LogP contribution in [0.3, 0.4) is 0 Å². The molecule has 3 heterocycles. The Labute approximate surface area is 86.9 Å². The Balaban J connectivity index is 2.48. The molecule has 1 aromatic carbocycles. The SMILES string of the molecule is c1ccc2c(c1)cc1ccc3ccc2n31. The van der Waals surface area contributed by atoms with E-state index in [1.54, 1.807) is 0 Å². The van der Waals surface area contributed by atoms with Gasteiger partial charge in [-0.25, -0.2) is 0 Å². The number of fused-ring (bicyclic) bond motifs is 2. The Morgan fingerprint density at radius 1 is 0.733 bits per heavy atom. The first kappa shape index (κ1) is 7.30. The minimum Gasteiger partial charge on any atom is -0.310 e. The Kier molecular flexibility index (Phi) is 1.13. The summed E-state index contributed by atoms with van der Waals surface area (Å²) in [7, 11) is 0. The van der Waals surface area contributed by atoms with Crippen molar-refractivity contribution in [1.29, 1.82) is 0 Å². The molecule has 0 saturated heterocycles. The van der Waals surface area contributed by atoms with Crippen molar-refractivity contribution in [3.63, 3.8) is 0 Å². The monoisotopic (exact) mass is 191 g/mol. The highest BCUT2D eigenvalue weighted by atomic mass is 14.9. The molecule has 0 aliphatic carbocycles. The third kappa shape index (κ3) is 0.785. The molecule has 0 N–H and O–H groups in total. The van der Waals surface area contributed by atoms with Crippen molar-refractivity contribution in [3.8, 4) is 0 Å². The van der Waals surface area contributed by atoms with Crippen LogP contribution in [0.4, 0.5) is 0 Å². The fourth-order valence-corrected chi connectivity index (χ4v) is 2.45. The number of hydrogen-bond donors (Lipinski definition) is 0. The summed E-state index contributed by atoms with van der Waals surface area (Å²) in [6, 6.07) is 19.5. The molecule has 0 spiro atoms. The first-order valence-corrected chi connectivity index (χ1v) is 5.15. The standard InChI is InChI=1S/C14H9N/c1-2-4-13-10(3-1)9-12-6-5-11-7-8-14(13)15(11)12/h1-9H. The van der Waals surface area contributed by atoms with E-state index in [0.717, 1.165) is 0 Å². The molecular formula is C14H9N. The van der Waals surface area contributed by atoms with E-state index in [2.05, 4.69) is 59.0 Å². The topological polar surface area (TPSA) is 4.41 Å². The van der Waals surface area contributed by atoms with Crippen LogP contribution in [0.5, 0.6) is 0 Å². The average molecular weight is 191 g/mol. The molecule has 4 aromatic rings. The summed E-state index contributed by atoms with van der Waals surface area (Å²) in [6.07, 6.45) is 0. The van der Waals surface area contributed by atoms with Crippen LogP contribution in [0.25, 0.3) is 27.3 Å². The Morgan fingerprint density at radius 3 is 2.53 bits per heavy atom. The van der Waals surface area contributed by atoms with Gasteiger partial charge < -0.3 is 4.40 Å². The third-order valence-electron chi connectivity index (χ3n) is 3.13. The molecule has 0 unspecified atom stereocenters. The predicted molar refractivity (Wildman–Crippen MR) is 63.6 cm³/mol. The molecule has 0 aliphatic heterocycles. The second kappa shape index (κ2) is 2.31. The van der Waals surface area contributed by atoms with Gasteiger partial charge in [0, 0.05) is 16.4 Å². The van der Waals surface area contributed by atoms with Crippen molar-refractivity contribution < 1.29 is 0 Å². The van der Waals surface area contributed by atoms with Gasteiger partial charge in [-0.2, -0.15) is 0 Å². The number of pyridine rings is 1. The highest BCUT2D eigenvalue weighted by Gasteiger charge is 2.06. The van der Waals surface area contributed by atoms with Gasteiger partial charge in [-0.05, 0) is 35.7 Å². The molecule has 1 heteroatoms. The molecule has 0 saturated carbocycles. The normalized spacial score (nSPS) is 12.0. The lowest BCUT2D eigenvalue weighted by molar-refractivity contribution is 1.37. The van der Waals surface area contributed by atoms with Gasteiger partial charge in [0.25, 0.3) is 0 Å². The molecule has 15 heavy (non-hydrogen) atoms. The molecule has 0 radical (unpaired) electrons. The van der Waals surface area contributed by atoms with E-state index < -0.39 is 0 Å². The summed E-state index contributed by atoms with van der Waals surface area (Å²) < 4.78 is 2.31. The van der Waals surface area contributed by atoms with Gasteiger partial charge in [-0.15, -0.1) is 0 Å². The van der Waals surface area contributed by atoms with Crippen LogP contribution in [0.15, 0.2) is 54.6 Å². The molecule has 0 amide bonds. The second-order valence-corrected chi connectivity index (χ2v) is 3.97. The minimum atomic E-state index is 1.28.